The average molecular weight is 617 g/mol. The van der Waals surface area contributed by atoms with Crippen molar-refractivity contribution in [1.29, 1.82) is 0 Å². The molecule has 1 aromatic heterocycles. The summed E-state index contributed by atoms with van der Waals surface area (Å²) in [7, 11) is -4.06. The van der Waals surface area contributed by atoms with E-state index in [0.29, 0.717) is 18.2 Å². The van der Waals surface area contributed by atoms with Gasteiger partial charge in [0.25, 0.3) is 5.91 Å². The van der Waals surface area contributed by atoms with Gasteiger partial charge in [0.05, 0.1) is 47.1 Å². The number of guanidine groups is 1. The first kappa shape index (κ1) is 29.8. The fraction of sp³-hybridized carbons (Fsp3) is 0.536. The highest BCUT2D eigenvalue weighted by atomic mass is 35.5. The van der Waals surface area contributed by atoms with Crippen LogP contribution in [0.3, 0.4) is 0 Å². The van der Waals surface area contributed by atoms with E-state index in [1.165, 1.54) is 17.0 Å². The lowest BCUT2D eigenvalue weighted by atomic mass is 10.1. The van der Waals surface area contributed by atoms with Gasteiger partial charge in [0.1, 0.15) is 6.04 Å². The molecule has 1 fully saturated rings. The molecular weight excluding hydrogens is 580 g/mol. The normalized spacial score (nSPS) is 19.9. The van der Waals surface area contributed by atoms with Gasteiger partial charge in [-0.3, -0.25) is 19.3 Å². The van der Waals surface area contributed by atoms with Crippen molar-refractivity contribution < 1.29 is 17.6 Å². The zero-order valence-corrected chi connectivity index (χ0v) is 27.1. The van der Waals surface area contributed by atoms with Crippen molar-refractivity contribution in [2.75, 3.05) is 18.1 Å². The molecule has 1 aliphatic carbocycles. The van der Waals surface area contributed by atoms with E-state index in [-0.39, 0.29) is 39.6 Å². The number of aryl methyl sites for hydroxylation is 1. The minimum atomic E-state index is -3.90. The molecule has 1 unspecified atom stereocenters. The SMILES string of the molecule is Cn1cc(CN2C(=O)c3cc(S(=O)(=O)NC4(C)CC4)cc(Cl)c3N3C2=NCC3C#CCO[Si](C)(C)C(C)(C)C)cn1. The summed E-state index contributed by atoms with van der Waals surface area (Å²) in [6.07, 6.45) is 5.03. The maximum atomic E-state index is 13.9. The number of carbonyl (C=O) groups excluding carboxylic acids is 1. The Hall–Kier alpha value is -2.69. The van der Waals surface area contributed by atoms with Crippen molar-refractivity contribution in [2.24, 2.45) is 12.0 Å². The number of amides is 1. The molecule has 1 saturated carbocycles. The second kappa shape index (κ2) is 10.2. The van der Waals surface area contributed by atoms with Gasteiger partial charge < -0.3 is 4.43 Å². The second-order valence-corrected chi connectivity index (χ2v) is 19.7. The summed E-state index contributed by atoms with van der Waals surface area (Å²) in [4.78, 5) is 22.0. The van der Waals surface area contributed by atoms with E-state index >= 15 is 0 Å². The number of hydrogen-bond acceptors (Lipinski definition) is 7. The fourth-order valence-corrected chi connectivity index (χ4v) is 7.32. The predicted octanol–water partition coefficient (Wildman–Crippen LogP) is 4.13. The molecule has 2 aromatic rings. The van der Waals surface area contributed by atoms with E-state index in [1.807, 2.05) is 18.0 Å². The Morgan fingerprint density at radius 1 is 1.27 bits per heavy atom. The van der Waals surface area contributed by atoms with Crippen LogP contribution in [0.1, 0.15) is 56.5 Å². The van der Waals surface area contributed by atoms with Crippen LogP contribution in [0, 0.1) is 11.8 Å². The van der Waals surface area contributed by atoms with Crippen LogP contribution in [0.5, 0.6) is 0 Å². The van der Waals surface area contributed by atoms with Crippen LogP contribution in [0.2, 0.25) is 23.2 Å². The molecule has 41 heavy (non-hydrogen) atoms. The number of halogens is 1. The monoisotopic (exact) mass is 616 g/mol. The Morgan fingerprint density at radius 3 is 2.59 bits per heavy atom. The number of anilines is 1. The Labute approximate surface area is 248 Å². The number of carbonyl (C=O) groups is 1. The number of sulfonamides is 1. The van der Waals surface area contributed by atoms with Gasteiger partial charge in [0, 0.05) is 24.3 Å². The summed E-state index contributed by atoms with van der Waals surface area (Å²) < 4.78 is 37.1. The zero-order valence-electron chi connectivity index (χ0n) is 24.6. The van der Waals surface area contributed by atoms with Gasteiger partial charge in [-0.2, -0.15) is 5.10 Å². The zero-order chi connectivity index (χ0) is 30.0. The lowest BCUT2D eigenvalue weighted by molar-refractivity contribution is 0.0833. The van der Waals surface area contributed by atoms with E-state index in [0.717, 1.165) is 18.4 Å². The number of hydrogen-bond donors (Lipinski definition) is 1. The summed E-state index contributed by atoms with van der Waals surface area (Å²) in [5.41, 5.74) is 0.936. The van der Waals surface area contributed by atoms with E-state index < -0.39 is 29.9 Å². The molecule has 0 saturated heterocycles. The van der Waals surface area contributed by atoms with E-state index in [9.17, 15) is 13.2 Å². The van der Waals surface area contributed by atoms with Crippen molar-refractivity contribution in [3.63, 3.8) is 0 Å². The number of benzene rings is 1. The summed E-state index contributed by atoms with van der Waals surface area (Å²) in [6.45, 7) is 13.6. The third kappa shape index (κ3) is 5.83. The average Bonchev–Trinajstić information content (AvgIpc) is 3.22. The molecule has 220 valence electrons. The lowest BCUT2D eigenvalue weighted by Crippen LogP contribution is -2.52. The largest absolute Gasteiger partial charge is 0.406 e. The standard InChI is InChI=1S/C28H37ClN6O4SSi/c1-27(2,3)41(6,7)39-12-8-9-20-16-30-26-34(18-19-15-31-33(5)17-19)25(36)22-13-21(14-23(29)24(22)35(20)26)40(37,38)32-28(4)10-11-28/h13-15,17,20,32H,10-12,16,18H2,1-7H3. The molecule has 1 aromatic carbocycles. The third-order valence-electron chi connectivity index (χ3n) is 8.30. The molecule has 13 heteroatoms. The molecule has 3 heterocycles. The minimum Gasteiger partial charge on any atom is -0.406 e. The van der Waals surface area contributed by atoms with Gasteiger partial charge in [0.2, 0.25) is 16.0 Å². The Kier molecular flexibility index (Phi) is 7.44. The summed E-state index contributed by atoms with van der Waals surface area (Å²) in [5, 5.41) is 4.44. The maximum Gasteiger partial charge on any atom is 0.263 e. The molecular formula is C28H37ClN6O4SSi. The van der Waals surface area contributed by atoms with Crippen molar-refractivity contribution in [1.82, 2.24) is 19.4 Å². The number of nitrogens with zero attached hydrogens (tertiary/aromatic N) is 5. The first-order valence-electron chi connectivity index (χ1n) is 13.6. The Bertz CT molecular complexity index is 1600. The van der Waals surface area contributed by atoms with Gasteiger partial charge in [0.15, 0.2) is 8.32 Å². The highest BCUT2D eigenvalue weighted by molar-refractivity contribution is 7.89. The highest BCUT2D eigenvalue weighted by Gasteiger charge is 2.45. The van der Waals surface area contributed by atoms with Crippen LogP contribution in [0.4, 0.5) is 5.69 Å². The van der Waals surface area contributed by atoms with Crippen LogP contribution in [0.15, 0.2) is 34.4 Å². The number of aromatic nitrogens is 2. The third-order valence-corrected chi connectivity index (χ3v) is 14.7. The van der Waals surface area contributed by atoms with Gasteiger partial charge in [-0.25, -0.2) is 18.1 Å². The first-order valence-corrected chi connectivity index (χ1v) is 18.4. The summed E-state index contributed by atoms with van der Waals surface area (Å²) in [5.74, 6) is 6.49. The number of fused-ring (bicyclic) bond motifs is 3. The van der Waals surface area contributed by atoms with Crippen LogP contribution < -0.4 is 9.62 Å². The molecule has 1 N–H and O–H groups in total. The van der Waals surface area contributed by atoms with Crippen molar-refractivity contribution in [3.8, 4) is 11.8 Å². The van der Waals surface area contributed by atoms with E-state index in [1.54, 1.807) is 17.9 Å². The van der Waals surface area contributed by atoms with Crippen LogP contribution in [-0.4, -0.2) is 68.0 Å². The molecule has 5 rings (SSSR count). The topological polar surface area (TPSA) is 109 Å². The second-order valence-electron chi connectivity index (χ2n) is 12.8. The number of rotatable bonds is 7. The van der Waals surface area contributed by atoms with Crippen molar-refractivity contribution >= 4 is 47.5 Å². The van der Waals surface area contributed by atoms with Crippen LogP contribution in [0.25, 0.3) is 0 Å². The Morgan fingerprint density at radius 2 is 1.98 bits per heavy atom. The first-order chi connectivity index (χ1) is 19.0. The molecule has 1 atom stereocenters. The minimum absolute atomic E-state index is 0.0472. The van der Waals surface area contributed by atoms with E-state index in [4.69, 9.17) is 21.0 Å². The molecule has 2 aliphatic heterocycles. The molecule has 0 bridgehead atoms. The predicted molar refractivity (Wildman–Crippen MR) is 162 cm³/mol. The number of nitrogens with one attached hydrogen (secondary N) is 1. The van der Waals surface area contributed by atoms with Gasteiger partial charge in [-0.1, -0.05) is 44.2 Å². The Balaban J connectivity index is 1.52. The maximum absolute atomic E-state index is 13.9. The summed E-state index contributed by atoms with van der Waals surface area (Å²) in [6, 6.07) is 2.41. The van der Waals surface area contributed by atoms with E-state index in [2.05, 4.69) is 55.5 Å². The quantitative estimate of drug-likeness (QED) is 0.370. The molecule has 1 amide bonds. The fourth-order valence-electron chi connectivity index (χ4n) is 4.56. The lowest BCUT2D eigenvalue weighted by Gasteiger charge is -2.38. The molecule has 0 radical (unpaired) electrons. The smallest absolute Gasteiger partial charge is 0.263 e. The molecule has 3 aliphatic rings. The summed E-state index contributed by atoms with van der Waals surface area (Å²) >= 11 is 6.78. The van der Waals surface area contributed by atoms with Crippen LogP contribution in [-0.2, 0) is 28.0 Å². The number of aliphatic imine (C=N–C) groups is 1. The van der Waals surface area contributed by atoms with Gasteiger partial charge in [-0.05, 0) is 50.0 Å². The van der Waals surface area contributed by atoms with Crippen LogP contribution >= 0.6 is 11.6 Å². The van der Waals surface area contributed by atoms with Crippen molar-refractivity contribution in [3.05, 3.63) is 40.7 Å². The van der Waals surface area contributed by atoms with Gasteiger partial charge in [-0.15, -0.1) is 0 Å². The van der Waals surface area contributed by atoms with Crippen molar-refractivity contribution in [2.45, 2.75) is 81.7 Å². The molecule has 10 nitrogen and oxygen atoms in total. The molecule has 0 spiro atoms. The van der Waals surface area contributed by atoms with Gasteiger partial charge >= 0.3 is 0 Å². The highest BCUT2D eigenvalue weighted by Crippen LogP contribution is 2.42.